The molecule has 0 fully saturated rings. The van der Waals surface area contributed by atoms with Gasteiger partial charge in [-0.1, -0.05) is 35.5 Å². The summed E-state index contributed by atoms with van der Waals surface area (Å²) in [5.74, 6) is -1.47. The molecule has 24 heavy (non-hydrogen) atoms. The van der Waals surface area contributed by atoms with Crippen LogP contribution in [0.25, 0.3) is 11.1 Å². The van der Waals surface area contributed by atoms with Crippen LogP contribution in [0, 0.1) is 0 Å². The van der Waals surface area contributed by atoms with Crippen molar-refractivity contribution in [3.05, 3.63) is 59.8 Å². The van der Waals surface area contributed by atoms with Gasteiger partial charge in [0.25, 0.3) is 5.88 Å². The highest BCUT2D eigenvalue weighted by atomic mass is 16.5. The van der Waals surface area contributed by atoms with Crippen molar-refractivity contribution in [3.63, 3.8) is 0 Å². The number of rotatable bonds is 4. The maximum atomic E-state index is 11.3. The van der Waals surface area contributed by atoms with E-state index in [4.69, 9.17) is 4.52 Å². The number of hydrogen-bond acceptors (Lipinski definition) is 6. The molecule has 7 nitrogen and oxygen atoms in total. The van der Waals surface area contributed by atoms with Crippen LogP contribution < -0.4 is 0 Å². The molecule has 0 unspecified atom stereocenters. The van der Waals surface area contributed by atoms with Gasteiger partial charge in [-0.05, 0) is 17.7 Å². The van der Waals surface area contributed by atoms with Crippen LogP contribution >= 0.6 is 0 Å². The zero-order chi connectivity index (χ0) is 17.1. The molecule has 2 aromatic carbocycles. The number of hydrogen-bond donors (Lipinski definition) is 3. The minimum atomic E-state index is -1.23. The number of aliphatic imine (C=N–C) groups is 1. The molecule has 0 aliphatic heterocycles. The summed E-state index contributed by atoms with van der Waals surface area (Å²) in [6.07, 6.45) is 1.30. The lowest BCUT2D eigenvalue weighted by atomic mass is 10.1. The SMILES string of the molecule is O=C(O)c1noc(/N=C/c2ccc(O)cc2O)c1-c1ccccc1. The second kappa shape index (κ2) is 6.25. The van der Waals surface area contributed by atoms with Gasteiger partial charge in [0.2, 0.25) is 5.69 Å². The van der Waals surface area contributed by atoms with Crippen LogP contribution in [0.3, 0.4) is 0 Å². The van der Waals surface area contributed by atoms with Gasteiger partial charge in [0.1, 0.15) is 11.5 Å². The Morgan fingerprint density at radius 3 is 2.54 bits per heavy atom. The normalized spacial score (nSPS) is 11.0. The number of aromatic carboxylic acids is 1. The van der Waals surface area contributed by atoms with E-state index in [1.54, 1.807) is 30.3 Å². The summed E-state index contributed by atoms with van der Waals surface area (Å²) in [5, 5.41) is 31.8. The molecule has 0 saturated heterocycles. The minimum Gasteiger partial charge on any atom is -0.508 e. The molecule has 3 aromatic rings. The van der Waals surface area contributed by atoms with Crippen LogP contribution in [0.4, 0.5) is 5.88 Å². The zero-order valence-electron chi connectivity index (χ0n) is 12.2. The lowest BCUT2D eigenvalue weighted by Crippen LogP contribution is -1.98. The van der Waals surface area contributed by atoms with Crippen molar-refractivity contribution in [2.75, 3.05) is 0 Å². The van der Waals surface area contributed by atoms with Crippen molar-refractivity contribution >= 4 is 18.1 Å². The Morgan fingerprint density at radius 1 is 1.12 bits per heavy atom. The van der Waals surface area contributed by atoms with E-state index in [1.807, 2.05) is 0 Å². The largest absolute Gasteiger partial charge is 0.508 e. The number of aromatic hydroxyl groups is 2. The van der Waals surface area contributed by atoms with Crippen molar-refractivity contribution in [1.82, 2.24) is 5.16 Å². The molecular weight excluding hydrogens is 312 g/mol. The van der Waals surface area contributed by atoms with Crippen LogP contribution in [0.2, 0.25) is 0 Å². The van der Waals surface area contributed by atoms with Crippen LogP contribution in [0.1, 0.15) is 16.1 Å². The van der Waals surface area contributed by atoms with Gasteiger partial charge in [-0.25, -0.2) is 9.79 Å². The summed E-state index contributed by atoms with van der Waals surface area (Å²) in [5.41, 5.74) is 0.930. The van der Waals surface area contributed by atoms with Crippen molar-refractivity contribution in [1.29, 1.82) is 0 Å². The monoisotopic (exact) mass is 324 g/mol. The maximum absolute atomic E-state index is 11.3. The quantitative estimate of drug-likeness (QED) is 0.635. The summed E-state index contributed by atoms with van der Waals surface area (Å²) in [6.45, 7) is 0. The zero-order valence-corrected chi connectivity index (χ0v) is 12.2. The highest BCUT2D eigenvalue weighted by molar-refractivity contribution is 5.97. The number of carboxylic acids is 1. The predicted molar refractivity (Wildman–Crippen MR) is 85.9 cm³/mol. The fourth-order valence-corrected chi connectivity index (χ4v) is 2.15. The molecule has 1 heterocycles. The van der Waals surface area contributed by atoms with E-state index >= 15 is 0 Å². The van der Waals surface area contributed by atoms with Crippen molar-refractivity contribution in [2.45, 2.75) is 0 Å². The van der Waals surface area contributed by atoms with Gasteiger partial charge in [0.15, 0.2) is 0 Å². The first-order chi connectivity index (χ1) is 11.6. The molecule has 0 aliphatic carbocycles. The average Bonchev–Trinajstić information content (AvgIpc) is 2.99. The van der Waals surface area contributed by atoms with Gasteiger partial charge < -0.3 is 19.8 Å². The predicted octanol–water partition coefficient (Wildman–Crippen LogP) is 3.20. The molecule has 0 radical (unpaired) electrons. The van der Waals surface area contributed by atoms with Gasteiger partial charge in [-0.15, -0.1) is 0 Å². The first-order valence-electron chi connectivity index (χ1n) is 6.90. The number of benzene rings is 2. The smallest absolute Gasteiger partial charge is 0.358 e. The number of carbonyl (C=O) groups is 1. The molecule has 7 heteroatoms. The molecular formula is C17H12N2O5. The Morgan fingerprint density at radius 2 is 1.88 bits per heavy atom. The minimum absolute atomic E-state index is 0.00562. The van der Waals surface area contributed by atoms with Gasteiger partial charge >= 0.3 is 5.97 Å². The fourth-order valence-electron chi connectivity index (χ4n) is 2.15. The topological polar surface area (TPSA) is 116 Å². The van der Waals surface area contributed by atoms with Gasteiger partial charge in [0, 0.05) is 17.8 Å². The fraction of sp³-hybridized carbons (Fsp3) is 0. The molecule has 1 aromatic heterocycles. The summed E-state index contributed by atoms with van der Waals surface area (Å²) in [7, 11) is 0. The van der Waals surface area contributed by atoms with Gasteiger partial charge in [-0.2, -0.15) is 0 Å². The van der Waals surface area contributed by atoms with Crippen molar-refractivity contribution in [3.8, 4) is 22.6 Å². The van der Waals surface area contributed by atoms with Crippen molar-refractivity contribution in [2.24, 2.45) is 4.99 Å². The van der Waals surface area contributed by atoms with Crippen LogP contribution in [-0.4, -0.2) is 32.7 Å². The molecule has 0 saturated carbocycles. The summed E-state index contributed by atoms with van der Waals surface area (Å²) in [6, 6.07) is 12.8. The van der Waals surface area contributed by atoms with Crippen LogP contribution in [0.5, 0.6) is 11.5 Å². The summed E-state index contributed by atoms with van der Waals surface area (Å²) >= 11 is 0. The number of nitrogens with zero attached hydrogens (tertiary/aromatic N) is 2. The molecule has 3 rings (SSSR count). The highest BCUT2D eigenvalue weighted by Gasteiger charge is 2.22. The number of carboxylic acid groups (broad SMARTS) is 1. The third-order valence-corrected chi connectivity index (χ3v) is 3.27. The van der Waals surface area contributed by atoms with E-state index in [-0.39, 0.29) is 28.6 Å². The Labute approximate surface area is 136 Å². The van der Waals surface area contributed by atoms with E-state index in [0.29, 0.717) is 11.1 Å². The molecule has 0 spiro atoms. The lowest BCUT2D eigenvalue weighted by molar-refractivity contribution is 0.0686. The van der Waals surface area contributed by atoms with E-state index < -0.39 is 5.97 Å². The summed E-state index contributed by atoms with van der Waals surface area (Å²) < 4.78 is 5.04. The Bertz CT molecular complexity index is 916. The third-order valence-electron chi connectivity index (χ3n) is 3.27. The Hall–Kier alpha value is -3.61. The summed E-state index contributed by atoms with van der Waals surface area (Å²) in [4.78, 5) is 15.4. The molecule has 0 bridgehead atoms. The maximum Gasteiger partial charge on any atom is 0.358 e. The van der Waals surface area contributed by atoms with Crippen LogP contribution in [0.15, 0.2) is 58.0 Å². The molecule has 0 aliphatic rings. The third kappa shape index (κ3) is 2.95. The lowest BCUT2D eigenvalue weighted by Gasteiger charge is -2.00. The first kappa shape index (κ1) is 15.3. The van der Waals surface area contributed by atoms with Gasteiger partial charge in [-0.3, -0.25) is 0 Å². The first-order valence-corrected chi connectivity index (χ1v) is 6.90. The van der Waals surface area contributed by atoms with E-state index in [1.165, 1.54) is 24.4 Å². The average molecular weight is 324 g/mol. The molecule has 3 N–H and O–H groups in total. The second-order valence-corrected chi connectivity index (χ2v) is 4.88. The van der Waals surface area contributed by atoms with Crippen LogP contribution in [-0.2, 0) is 0 Å². The molecule has 0 atom stereocenters. The Balaban J connectivity index is 2.05. The van der Waals surface area contributed by atoms with Crippen molar-refractivity contribution < 1.29 is 24.6 Å². The number of phenolic OH excluding ortho intramolecular Hbond substituents is 2. The number of aromatic nitrogens is 1. The number of phenols is 2. The van der Waals surface area contributed by atoms with Gasteiger partial charge in [0.05, 0.1) is 5.56 Å². The Kier molecular flexibility index (Phi) is 3.98. The van der Waals surface area contributed by atoms with E-state index in [2.05, 4.69) is 10.1 Å². The standard InChI is InChI=1S/C17H12N2O5/c20-12-7-6-11(13(21)8-12)9-18-16-14(10-4-2-1-3-5-10)15(17(22)23)19-24-16/h1-9,20-21H,(H,22,23)/b18-9+. The molecule has 0 amide bonds. The second-order valence-electron chi connectivity index (χ2n) is 4.88. The molecule has 120 valence electrons. The highest BCUT2D eigenvalue weighted by Crippen LogP contribution is 2.34. The van der Waals surface area contributed by atoms with E-state index in [0.717, 1.165) is 0 Å². The van der Waals surface area contributed by atoms with E-state index in [9.17, 15) is 20.1 Å².